The Morgan fingerprint density at radius 1 is 0.538 bits per heavy atom. The summed E-state index contributed by atoms with van der Waals surface area (Å²) in [5.74, 6) is 0.602. The van der Waals surface area contributed by atoms with Crippen LogP contribution >= 0.6 is 0 Å². The smallest absolute Gasteiger partial charge is 0.126 e. The molecule has 6 heteroatoms. The van der Waals surface area contributed by atoms with Crippen molar-refractivity contribution in [2.75, 3.05) is 49.1 Å². The number of phenolic OH excluding ortho intramolecular Hbond substituents is 2. The van der Waals surface area contributed by atoms with E-state index in [4.69, 9.17) is 0 Å². The van der Waals surface area contributed by atoms with Gasteiger partial charge in [-0.15, -0.1) is 0 Å². The van der Waals surface area contributed by atoms with E-state index in [0.717, 1.165) is 74.6 Å². The Kier molecular flexibility index (Phi) is 15.8. The fourth-order valence-corrected chi connectivity index (χ4v) is 4.82. The van der Waals surface area contributed by atoms with Crippen LogP contribution in [-0.4, -0.2) is 61.9 Å². The number of unbranched alkanes of at least 4 members (excludes halogenated alkanes) is 8. The molecule has 0 heterocycles. The normalized spacial score (nSPS) is 11.6. The first-order valence-corrected chi connectivity index (χ1v) is 15.2. The Labute approximate surface area is 237 Å². The monoisotopic (exact) mass is 536 g/mol. The van der Waals surface area contributed by atoms with Crippen molar-refractivity contribution in [2.45, 2.75) is 85.5 Å². The van der Waals surface area contributed by atoms with Crippen molar-refractivity contribution in [1.82, 2.24) is 0 Å². The predicted molar refractivity (Wildman–Crippen MR) is 170 cm³/mol. The molecule has 0 aliphatic rings. The van der Waals surface area contributed by atoms with Crippen LogP contribution in [0, 0.1) is 0 Å². The lowest BCUT2D eigenvalue weighted by atomic mass is 10.1. The highest BCUT2D eigenvalue weighted by Gasteiger charge is 2.06. The first-order valence-electron chi connectivity index (χ1n) is 15.2. The molecule has 0 unspecified atom stereocenters. The summed E-state index contributed by atoms with van der Waals surface area (Å²) in [5.41, 5.74) is 3.69. The Morgan fingerprint density at radius 3 is 1.18 bits per heavy atom. The lowest BCUT2D eigenvalue weighted by Gasteiger charge is -2.21. The van der Waals surface area contributed by atoms with Gasteiger partial charge in [0.15, 0.2) is 0 Å². The van der Waals surface area contributed by atoms with Gasteiger partial charge in [0.25, 0.3) is 0 Å². The number of phenols is 2. The van der Waals surface area contributed by atoms with Crippen molar-refractivity contribution in [1.29, 1.82) is 0 Å². The molecule has 6 nitrogen and oxygen atoms in total. The second kappa shape index (κ2) is 19.1. The van der Waals surface area contributed by atoms with Gasteiger partial charge in [-0.3, -0.25) is 9.98 Å². The van der Waals surface area contributed by atoms with Crippen LogP contribution in [0.15, 0.2) is 46.4 Å². The van der Waals surface area contributed by atoms with Gasteiger partial charge in [-0.1, -0.05) is 44.9 Å². The number of rotatable bonds is 20. The van der Waals surface area contributed by atoms with Crippen LogP contribution < -0.4 is 9.80 Å². The SMILES string of the molecule is CCN(CC)c1ccc(C=NCCCCCCCCCCCN=Cc2ccc(N(CC)CC)cc2O)c(O)c1. The average Bonchev–Trinajstić information content (AvgIpc) is 2.94. The van der Waals surface area contributed by atoms with Gasteiger partial charge in [0.1, 0.15) is 11.5 Å². The first kappa shape index (κ1) is 32.2. The van der Waals surface area contributed by atoms with Gasteiger partial charge in [-0.2, -0.15) is 0 Å². The number of aromatic hydroxyl groups is 2. The second-order valence-corrected chi connectivity index (χ2v) is 10.1. The van der Waals surface area contributed by atoms with E-state index in [9.17, 15) is 10.2 Å². The zero-order chi connectivity index (χ0) is 28.3. The van der Waals surface area contributed by atoms with Gasteiger partial charge >= 0.3 is 0 Å². The Hall–Kier alpha value is -3.02. The van der Waals surface area contributed by atoms with Gasteiger partial charge in [-0.05, 0) is 64.8 Å². The highest BCUT2D eigenvalue weighted by atomic mass is 16.3. The van der Waals surface area contributed by atoms with Crippen LogP contribution in [-0.2, 0) is 0 Å². The van der Waals surface area contributed by atoms with Crippen molar-refractivity contribution in [3.05, 3.63) is 47.5 Å². The molecule has 39 heavy (non-hydrogen) atoms. The lowest BCUT2D eigenvalue weighted by Crippen LogP contribution is -2.21. The molecule has 0 radical (unpaired) electrons. The summed E-state index contributed by atoms with van der Waals surface area (Å²) in [5, 5.41) is 20.6. The molecule has 0 amide bonds. The maximum Gasteiger partial charge on any atom is 0.126 e. The molecule has 0 atom stereocenters. The van der Waals surface area contributed by atoms with Crippen molar-refractivity contribution < 1.29 is 10.2 Å². The zero-order valence-corrected chi connectivity index (χ0v) is 24.9. The first-order chi connectivity index (χ1) is 19.0. The van der Waals surface area contributed by atoms with Crippen LogP contribution in [0.1, 0.15) is 96.6 Å². The molecular formula is C33H52N4O2. The van der Waals surface area contributed by atoms with Crippen LogP contribution in [0.4, 0.5) is 11.4 Å². The van der Waals surface area contributed by atoms with E-state index >= 15 is 0 Å². The van der Waals surface area contributed by atoms with Crippen LogP contribution in [0.5, 0.6) is 11.5 Å². The summed E-state index contributed by atoms with van der Waals surface area (Å²) in [6.07, 6.45) is 14.6. The highest BCUT2D eigenvalue weighted by Crippen LogP contribution is 2.24. The minimum absolute atomic E-state index is 0.301. The third-order valence-electron chi connectivity index (χ3n) is 7.32. The van der Waals surface area contributed by atoms with Crippen LogP contribution in [0.3, 0.4) is 0 Å². The Balaban J connectivity index is 1.48. The average molecular weight is 537 g/mol. The molecule has 2 N–H and O–H groups in total. The zero-order valence-electron chi connectivity index (χ0n) is 24.9. The summed E-state index contributed by atoms with van der Waals surface area (Å²) < 4.78 is 0. The number of benzene rings is 2. The van der Waals surface area contributed by atoms with Gasteiger partial charge in [0.2, 0.25) is 0 Å². The van der Waals surface area contributed by atoms with Crippen molar-refractivity contribution in [2.24, 2.45) is 9.98 Å². The molecule has 0 aliphatic heterocycles. The van der Waals surface area contributed by atoms with Crippen molar-refractivity contribution in [3.63, 3.8) is 0 Å². The molecule has 216 valence electrons. The van der Waals surface area contributed by atoms with Crippen LogP contribution in [0.2, 0.25) is 0 Å². The van der Waals surface area contributed by atoms with Gasteiger partial charge < -0.3 is 20.0 Å². The van der Waals surface area contributed by atoms with Crippen LogP contribution in [0.25, 0.3) is 0 Å². The topological polar surface area (TPSA) is 71.7 Å². The quantitative estimate of drug-likeness (QED) is 0.134. The minimum atomic E-state index is 0.301. The Morgan fingerprint density at radius 2 is 0.872 bits per heavy atom. The number of nitrogens with zero attached hydrogens (tertiary/aromatic N) is 4. The largest absolute Gasteiger partial charge is 0.507 e. The van der Waals surface area contributed by atoms with Gasteiger partial charge in [0, 0.05) is 86.3 Å². The third-order valence-corrected chi connectivity index (χ3v) is 7.32. The van der Waals surface area contributed by atoms with E-state index in [1.54, 1.807) is 12.4 Å². The fraction of sp³-hybridized carbons (Fsp3) is 0.576. The summed E-state index contributed by atoms with van der Waals surface area (Å²) in [7, 11) is 0. The molecule has 0 spiro atoms. The van der Waals surface area contributed by atoms with E-state index in [1.807, 2.05) is 24.3 Å². The second-order valence-electron chi connectivity index (χ2n) is 10.1. The molecule has 2 rings (SSSR count). The van der Waals surface area contributed by atoms with Crippen molar-refractivity contribution >= 4 is 23.8 Å². The summed E-state index contributed by atoms with van der Waals surface area (Å²) in [4.78, 5) is 13.5. The van der Waals surface area contributed by atoms with E-state index in [-0.39, 0.29) is 0 Å². The minimum Gasteiger partial charge on any atom is -0.507 e. The summed E-state index contributed by atoms with van der Waals surface area (Å²) >= 11 is 0. The van der Waals surface area contributed by atoms with Crippen molar-refractivity contribution in [3.8, 4) is 11.5 Å². The van der Waals surface area contributed by atoms with E-state index in [1.165, 1.54) is 44.9 Å². The number of anilines is 2. The molecule has 0 aliphatic carbocycles. The maximum absolute atomic E-state index is 10.3. The van der Waals surface area contributed by atoms with E-state index < -0.39 is 0 Å². The Bertz CT molecular complexity index is 918. The molecule has 0 bridgehead atoms. The summed E-state index contributed by atoms with van der Waals surface area (Å²) in [6, 6.07) is 11.7. The third kappa shape index (κ3) is 11.7. The van der Waals surface area contributed by atoms with E-state index in [2.05, 4.69) is 59.6 Å². The molecule has 0 saturated carbocycles. The fourth-order valence-electron chi connectivity index (χ4n) is 4.82. The molecular weight excluding hydrogens is 484 g/mol. The van der Waals surface area contributed by atoms with E-state index in [0.29, 0.717) is 11.5 Å². The van der Waals surface area contributed by atoms with Gasteiger partial charge in [-0.25, -0.2) is 0 Å². The number of hydrogen-bond donors (Lipinski definition) is 2. The summed E-state index contributed by atoms with van der Waals surface area (Å²) in [6.45, 7) is 13.8. The van der Waals surface area contributed by atoms with Gasteiger partial charge in [0.05, 0.1) is 0 Å². The number of aliphatic imine (C=N–C) groups is 2. The molecule has 0 fully saturated rings. The molecule has 2 aromatic carbocycles. The maximum atomic E-state index is 10.3. The molecule has 0 aromatic heterocycles. The predicted octanol–water partition coefficient (Wildman–Crippen LogP) is 7.84. The highest BCUT2D eigenvalue weighted by molar-refractivity contribution is 5.85. The standard InChI is InChI=1S/C33H52N4O2/c1-5-36(6-2)30-20-18-28(32(38)24-30)26-34-22-16-14-12-10-9-11-13-15-17-23-35-27-29-19-21-31(25-33(29)39)37(7-3)8-4/h18-21,24-27,38-39H,5-17,22-23H2,1-4H3. The molecule has 2 aromatic rings. The molecule has 0 saturated heterocycles. The number of hydrogen-bond acceptors (Lipinski definition) is 6. The lowest BCUT2D eigenvalue weighted by molar-refractivity contribution is 0.474.